The van der Waals surface area contributed by atoms with Crippen LogP contribution in [0.3, 0.4) is 0 Å². The molecular formula is C19H21F3N2O2S. The maximum absolute atomic E-state index is 12.5. The van der Waals surface area contributed by atoms with Crippen LogP contribution in [0.4, 0.5) is 13.2 Å². The van der Waals surface area contributed by atoms with Crippen LogP contribution >= 0.6 is 0 Å². The monoisotopic (exact) mass is 398 g/mol. The van der Waals surface area contributed by atoms with E-state index in [9.17, 15) is 21.6 Å². The zero-order valence-electron chi connectivity index (χ0n) is 15.4. The summed E-state index contributed by atoms with van der Waals surface area (Å²) in [5.74, 6) is 0. The number of hydrazone groups is 1. The number of nitrogens with zero attached hydrogens (tertiary/aromatic N) is 1. The summed E-state index contributed by atoms with van der Waals surface area (Å²) in [7, 11) is -3.90. The average Bonchev–Trinajstić information content (AvgIpc) is 2.53. The third-order valence-corrected chi connectivity index (χ3v) is 5.33. The van der Waals surface area contributed by atoms with Gasteiger partial charge >= 0.3 is 6.18 Å². The van der Waals surface area contributed by atoms with E-state index < -0.39 is 21.8 Å². The number of rotatable bonds is 4. The predicted molar refractivity (Wildman–Crippen MR) is 99.2 cm³/mol. The lowest BCUT2D eigenvalue weighted by Crippen LogP contribution is -2.21. The van der Waals surface area contributed by atoms with Crippen LogP contribution < -0.4 is 4.83 Å². The molecule has 0 spiro atoms. The average molecular weight is 398 g/mol. The zero-order valence-corrected chi connectivity index (χ0v) is 16.2. The molecule has 0 heterocycles. The maximum atomic E-state index is 12.5. The molecule has 8 heteroatoms. The molecule has 0 aliphatic rings. The van der Waals surface area contributed by atoms with Gasteiger partial charge < -0.3 is 0 Å². The van der Waals surface area contributed by atoms with E-state index in [1.165, 1.54) is 12.1 Å². The lowest BCUT2D eigenvalue weighted by atomic mass is 9.87. The van der Waals surface area contributed by atoms with Gasteiger partial charge in [0.15, 0.2) is 0 Å². The number of benzene rings is 2. The van der Waals surface area contributed by atoms with Crippen LogP contribution in [0.25, 0.3) is 0 Å². The second kappa shape index (κ2) is 7.34. The van der Waals surface area contributed by atoms with Gasteiger partial charge in [-0.15, -0.1) is 0 Å². The molecule has 0 saturated heterocycles. The second-order valence-electron chi connectivity index (χ2n) is 7.20. The minimum absolute atomic E-state index is 0.111. The fraction of sp³-hybridized carbons (Fsp3) is 0.316. The molecule has 2 rings (SSSR count). The van der Waals surface area contributed by atoms with Crippen LogP contribution in [0.5, 0.6) is 0 Å². The Kier molecular flexibility index (Phi) is 5.70. The van der Waals surface area contributed by atoms with Crippen LogP contribution in [0, 0.1) is 6.92 Å². The SMILES string of the molecule is Cc1ccc(C(C)(C)C)cc1S(=O)(=O)N/N=C/c1ccc(C(F)(F)F)cc1. The highest BCUT2D eigenvalue weighted by Crippen LogP contribution is 2.29. The summed E-state index contributed by atoms with van der Waals surface area (Å²) < 4.78 is 62.7. The molecule has 0 atom stereocenters. The van der Waals surface area contributed by atoms with Crippen LogP contribution in [0.2, 0.25) is 0 Å². The number of aryl methyl sites for hydroxylation is 1. The highest BCUT2D eigenvalue weighted by molar-refractivity contribution is 7.89. The number of hydrogen-bond acceptors (Lipinski definition) is 3. The van der Waals surface area contributed by atoms with Gasteiger partial charge in [-0.05, 0) is 47.2 Å². The zero-order chi connectivity index (χ0) is 20.5. The first kappa shape index (κ1) is 21.0. The van der Waals surface area contributed by atoms with Crippen LogP contribution in [-0.2, 0) is 21.6 Å². The molecule has 2 aromatic rings. The second-order valence-corrected chi connectivity index (χ2v) is 8.83. The van der Waals surface area contributed by atoms with E-state index in [2.05, 4.69) is 9.93 Å². The van der Waals surface area contributed by atoms with Crippen molar-refractivity contribution in [3.8, 4) is 0 Å². The van der Waals surface area contributed by atoms with Crippen molar-refractivity contribution < 1.29 is 21.6 Å². The molecule has 0 amide bonds. The number of hydrogen-bond donors (Lipinski definition) is 1. The number of halogens is 3. The van der Waals surface area contributed by atoms with Gasteiger partial charge in [0.1, 0.15) is 0 Å². The molecule has 0 saturated carbocycles. The van der Waals surface area contributed by atoms with E-state index in [1.54, 1.807) is 19.1 Å². The largest absolute Gasteiger partial charge is 0.416 e. The van der Waals surface area contributed by atoms with Crippen molar-refractivity contribution in [1.29, 1.82) is 0 Å². The molecule has 27 heavy (non-hydrogen) atoms. The summed E-state index contributed by atoms with van der Waals surface area (Å²) in [6.45, 7) is 7.61. The van der Waals surface area contributed by atoms with Gasteiger partial charge in [0.25, 0.3) is 10.0 Å². The fourth-order valence-electron chi connectivity index (χ4n) is 2.33. The fourth-order valence-corrected chi connectivity index (χ4v) is 3.40. The Morgan fingerprint density at radius 2 is 1.52 bits per heavy atom. The minimum Gasteiger partial charge on any atom is -0.200 e. The van der Waals surface area contributed by atoms with Gasteiger partial charge in [-0.2, -0.15) is 26.7 Å². The van der Waals surface area contributed by atoms with Gasteiger partial charge in [-0.3, -0.25) is 0 Å². The smallest absolute Gasteiger partial charge is 0.200 e. The summed E-state index contributed by atoms with van der Waals surface area (Å²) in [6.07, 6.45) is -3.27. The van der Waals surface area contributed by atoms with Crippen molar-refractivity contribution in [3.05, 3.63) is 64.7 Å². The van der Waals surface area contributed by atoms with Crippen molar-refractivity contribution in [2.45, 2.75) is 44.2 Å². The Morgan fingerprint density at radius 1 is 0.963 bits per heavy atom. The summed E-state index contributed by atoms with van der Waals surface area (Å²) >= 11 is 0. The molecule has 146 valence electrons. The minimum atomic E-state index is -4.42. The molecule has 0 fully saturated rings. The topological polar surface area (TPSA) is 58.5 Å². The van der Waals surface area contributed by atoms with Crippen LogP contribution in [0.1, 0.15) is 43.0 Å². The molecule has 0 unspecified atom stereocenters. The van der Waals surface area contributed by atoms with Crippen LogP contribution in [0.15, 0.2) is 52.5 Å². The first-order valence-corrected chi connectivity index (χ1v) is 9.62. The van der Waals surface area contributed by atoms with E-state index in [0.717, 1.165) is 23.9 Å². The molecule has 0 radical (unpaired) electrons. The van der Waals surface area contributed by atoms with Gasteiger partial charge in [0.2, 0.25) is 0 Å². The first-order chi connectivity index (χ1) is 12.3. The Hall–Kier alpha value is -2.35. The third kappa shape index (κ3) is 5.32. The Morgan fingerprint density at radius 3 is 2.04 bits per heavy atom. The van der Waals surface area contributed by atoms with E-state index in [-0.39, 0.29) is 10.3 Å². The van der Waals surface area contributed by atoms with E-state index in [1.807, 2.05) is 26.8 Å². The normalized spacial score (nSPS) is 13.1. The molecule has 0 aliphatic heterocycles. The number of alkyl halides is 3. The highest BCUT2D eigenvalue weighted by atomic mass is 32.2. The van der Waals surface area contributed by atoms with Gasteiger partial charge in [-0.25, -0.2) is 4.83 Å². The number of sulfonamides is 1. The first-order valence-electron chi connectivity index (χ1n) is 8.14. The summed E-state index contributed by atoms with van der Waals surface area (Å²) in [5, 5.41) is 3.67. The molecule has 4 nitrogen and oxygen atoms in total. The molecule has 0 bridgehead atoms. The summed E-state index contributed by atoms with van der Waals surface area (Å²) in [6, 6.07) is 9.46. The molecular weight excluding hydrogens is 377 g/mol. The standard InChI is InChI=1S/C19H21F3N2O2S/c1-13-5-8-16(18(2,3)4)11-17(13)27(25,26)24-23-12-14-6-9-15(10-7-14)19(20,21)22/h5-12,24H,1-4H3/b23-12+. The van der Waals surface area contributed by atoms with E-state index >= 15 is 0 Å². The van der Waals surface area contributed by atoms with Crippen molar-refractivity contribution in [2.75, 3.05) is 0 Å². The van der Waals surface area contributed by atoms with Gasteiger partial charge in [-0.1, -0.05) is 45.0 Å². The van der Waals surface area contributed by atoms with E-state index in [0.29, 0.717) is 11.1 Å². The molecule has 1 N–H and O–H groups in total. The van der Waals surface area contributed by atoms with Gasteiger partial charge in [0.05, 0.1) is 16.7 Å². The Labute approximate surface area is 157 Å². The van der Waals surface area contributed by atoms with Gasteiger partial charge in [0, 0.05) is 0 Å². The van der Waals surface area contributed by atoms with Crippen molar-refractivity contribution in [1.82, 2.24) is 4.83 Å². The van der Waals surface area contributed by atoms with Crippen molar-refractivity contribution >= 4 is 16.2 Å². The number of nitrogens with one attached hydrogen (secondary N) is 1. The lowest BCUT2D eigenvalue weighted by molar-refractivity contribution is -0.137. The van der Waals surface area contributed by atoms with E-state index in [4.69, 9.17) is 0 Å². The quantitative estimate of drug-likeness (QED) is 0.603. The third-order valence-electron chi connectivity index (χ3n) is 3.97. The Bertz CT molecular complexity index is 942. The molecule has 0 aromatic heterocycles. The summed E-state index contributed by atoms with van der Waals surface area (Å²) in [4.78, 5) is 2.22. The highest BCUT2D eigenvalue weighted by Gasteiger charge is 2.29. The van der Waals surface area contributed by atoms with Crippen LogP contribution in [-0.4, -0.2) is 14.6 Å². The Balaban J connectivity index is 2.21. The lowest BCUT2D eigenvalue weighted by Gasteiger charge is -2.20. The predicted octanol–water partition coefficient (Wildman–Crippen LogP) is 4.62. The molecule has 0 aliphatic carbocycles. The van der Waals surface area contributed by atoms with Crippen molar-refractivity contribution in [2.24, 2.45) is 5.10 Å². The summed E-state index contributed by atoms with van der Waals surface area (Å²) in [5.41, 5.74) is 0.766. The van der Waals surface area contributed by atoms with Crippen molar-refractivity contribution in [3.63, 3.8) is 0 Å². The maximum Gasteiger partial charge on any atom is 0.416 e. The molecule has 2 aromatic carbocycles.